The van der Waals surface area contributed by atoms with Gasteiger partial charge in [0.05, 0.1) is 12.3 Å². The van der Waals surface area contributed by atoms with Crippen LogP contribution in [0.3, 0.4) is 0 Å². The molecule has 2 saturated heterocycles. The molecule has 2 heterocycles. The van der Waals surface area contributed by atoms with Crippen LogP contribution in [0.5, 0.6) is 0 Å². The second-order valence-corrected chi connectivity index (χ2v) is 6.76. The number of nitrogens with zero attached hydrogens (tertiary/aromatic N) is 2. The summed E-state index contributed by atoms with van der Waals surface area (Å²) in [4.78, 5) is 24.9. The van der Waals surface area contributed by atoms with E-state index in [1.165, 1.54) is 12.8 Å². The number of carboxylic acid groups (broad SMARTS) is 1. The number of hydrazine groups is 1. The number of piperidine rings is 2. The molecule has 0 aromatic heterocycles. The first-order chi connectivity index (χ1) is 11.6. The van der Waals surface area contributed by atoms with E-state index in [1.54, 1.807) is 0 Å². The van der Waals surface area contributed by atoms with Crippen molar-refractivity contribution in [3.63, 3.8) is 0 Å². The van der Waals surface area contributed by atoms with Crippen molar-refractivity contribution in [2.24, 2.45) is 11.8 Å². The van der Waals surface area contributed by atoms with Crippen LogP contribution in [0.1, 0.15) is 38.5 Å². The fourth-order valence-corrected chi connectivity index (χ4v) is 3.47. The maximum Gasteiger partial charge on any atom is 0.304 e. The average molecular weight is 341 g/mol. The summed E-state index contributed by atoms with van der Waals surface area (Å²) >= 11 is 0. The standard InChI is InChI=1S/C16H29N4O4/c21-15(22)5-9-18-20(24)12-14-2-1-10-19(16(14)23)11-6-13-3-7-17-8-4-13/h13-14,17-18H,1-12H2,(H,21,22)/q-1. The highest BCUT2D eigenvalue weighted by atomic mass is 16.5. The largest absolute Gasteiger partial charge is 0.772 e. The lowest BCUT2D eigenvalue weighted by molar-refractivity contribution is -0.140. The highest BCUT2D eigenvalue weighted by Crippen LogP contribution is 2.22. The van der Waals surface area contributed by atoms with Gasteiger partial charge >= 0.3 is 5.97 Å². The minimum Gasteiger partial charge on any atom is -0.772 e. The van der Waals surface area contributed by atoms with E-state index < -0.39 is 5.97 Å². The van der Waals surface area contributed by atoms with Crippen molar-refractivity contribution in [2.75, 3.05) is 39.3 Å². The highest BCUT2D eigenvalue weighted by Gasteiger charge is 2.29. The Labute approximate surface area is 143 Å². The number of nitrogens with one attached hydrogen (secondary N) is 2. The second kappa shape index (κ2) is 9.93. The van der Waals surface area contributed by atoms with Gasteiger partial charge in [-0.15, -0.1) is 0 Å². The maximum absolute atomic E-state index is 12.5. The van der Waals surface area contributed by atoms with Gasteiger partial charge in [-0.2, -0.15) is 0 Å². The number of rotatable bonds is 9. The van der Waals surface area contributed by atoms with E-state index in [-0.39, 0.29) is 31.3 Å². The molecule has 24 heavy (non-hydrogen) atoms. The van der Waals surface area contributed by atoms with E-state index in [9.17, 15) is 14.8 Å². The van der Waals surface area contributed by atoms with E-state index in [0.717, 1.165) is 45.4 Å². The van der Waals surface area contributed by atoms with E-state index >= 15 is 0 Å². The molecule has 0 saturated carbocycles. The third kappa shape index (κ3) is 6.35. The summed E-state index contributed by atoms with van der Waals surface area (Å²) < 4.78 is 0. The van der Waals surface area contributed by atoms with E-state index in [2.05, 4.69) is 10.7 Å². The fourth-order valence-electron chi connectivity index (χ4n) is 3.47. The molecule has 1 amide bonds. The lowest BCUT2D eigenvalue weighted by Crippen LogP contribution is -2.48. The van der Waals surface area contributed by atoms with E-state index in [4.69, 9.17) is 5.11 Å². The van der Waals surface area contributed by atoms with Crippen LogP contribution < -0.4 is 10.7 Å². The topological polar surface area (TPSA) is 108 Å². The molecule has 3 N–H and O–H groups in total. The number of hydroxylamine groups is 1. The normalized spacial score (nSPS) is 23.0. The second-order valence-electron chi connectivity index (χ2n) is 6.76. The Morgan fingerprint density at radius 2 is 2.12 bits per heavy atom. The molecule has 0 radical (unpaired) electrons. The summed E-state index contributed by atoms with van der Waals surface area (Å²) in [6.45, 7) is 3.86. The van der Waals surface area contributed by atoms with Gasteiger partial charge in [0.1, 0.15) is 0 Å². The van der Waals surface area contributed by atoms with Gasteiger partial charge in [-0.1, -0.05) is 0 Å². The Morgan fingerprint density at radius 3 is 2.83 bits per heavy atom. The number of carboxylic acids is 1. The number of hydrogen-bond donors (Lipinski definition) is 3. The Hall–Kier alpha value is -1.22. The Morgan fingerprint density at radius 1 is 1.38 bits per heavy atom. The van der Waals surface area contributed by atoms with Gasteiger partial charge in [0.2, 0.25) is 5.91 Å². The van der Waals surface area contributed by atoms with Crippen molar-refractivity contribution in [2.45, 2.75) is 38.5 Å². The molecule has 2 rings (SSSR count). The first-order valence-electron chi connectivity index (χ1n) is 8.95. The van der Waals surface area contributed by atoms with Crippen LogP contribution in [0.25, 0.3) is 0 Å². The van der Waals surface area contributed by atoms with Crippen LogP contribution >= 0.6 is 0 Å². The first-order valence-corrected chi connectivity index (χ1v) is 8.95. The quantitative estimate of drug-likeness (QED) is 0.521. The lowest BCUT2D eigenvalue weighted by atomic mass is 9.92. The van der Waals surface area contributed by atoms with Crippen molar-refractivity contribution in [1.29, 1.82) is 0 Å². The number of aliphatic carboxylic acids is 1. The van der Waals surface area contributed by atoms with Crippen LogP contribution in [0.2, 0.25) is 0 Å². The Kier molecular flexibility index (Phi) is 7.90. The predicted molar refractivity (Wildman–Crippen MR) is 89.8 cm³/mol. The van der Waals surface area contributed by atoms with Gasteiger partial charge in [-0.3, -0.25) is 15.0 Å². The monoisotopic (exact) mass is 341 g/mol. The molecular formula is C16H29N4O4-. The highest BCUT2D eigenvalue weighted by molar-refractivity contribution is 5.79. The summed E-state index contributed by atoms with van der Waals surface area (Å²) in [5, 5.41) is 24.3. The molecule has 0 spiro atoms. The van der Waals surface area contributed by atoms with Crippen molar-refractivity contribution < 1.29 is 14.7 Å². The molecule has 8 heteroatoms. The van der Waals surface area contributed by atoms with Crippen molar-refractivity contribution in [3.8, 4) is 0 Å². The molecule has 0 bridgehead atoms. The zero-order valence-corrected chi connectivity index (χ0v) is 14.2. The smallest absolute Gasteiger partial charge is 0.304 e. The minimum absolute atomic E-state index is 0.0658. The van der Waals surface area contributed by atoms with Crippen LogP contribution in [0.15, 0.2) is 0 Å². The predicted octanol–water partition coefficient (Wildman–Crippen LogP) is 0.394. The number of carbonyl (C=O) groups excluding carboxylic acids is 1. The third-order valence-electron chi connectivity index (χ3n) is 4.92. The van der Waals surface area contributed by atoms with E-state index in [0.29, 0.717) is 11.1 Å². The average Bonchev–Trinajstić information content (AvgIpc) is 2.56. The number of hydrogen-bond acceptors (Lipinski definition) is 6. The van der Waals surface area contributed by atoms with E-state index in [1.807, 2.05) is 4.90 Å². The molecule has 2 aliphatic heterocycles. The van der Waals surface area contributed by atoms with Crippen molar-refractivity contribution in [3.05, 3.63) is 5.21 Å². The van der Waals surface area contributed by atoms with Gasteiger partial charge in [-0.05, 0) is 51.1 Å². The fraction of sp³-hybridized carbons (Fsp3) is 0.875. The van der Waals surface area contributed by atoms with Crippen LogP contribution in [0, 0.1) is 17.0 Å². The van der Waals surface area contributed by atoms with Gasteiger partial charge in [0, 0.05) is 26.2 Å². The molecular weight excluding hydrogens is 312 g/mol. The molecule has 2 aliphatic rings. The molecule has 0 aliphatic carbocycles. The number of likely N-dealkylation sites (tertiary alicyclic amines) is 1. The van der Waals surface area contributed by atoms with Crippen molar-refractivity contribution >= 4 is 11.9 Å². The summed E-state index contributed by atoms with van der Waals surface area (Å²) in [5.41, 5.74) is 2.50. The van der Waals surface area contributed by atoms with Crippen LogP contribution in [0.4, 0.5) is 0 Å². The zero-order valence-electron chi connectivity index (χ0n) is 14.2. The van der Waals surface area contributed by atoms with Gasteiger partial charge in [-0.25, -0.2) is 0 Å². The minimum atomic E-state index is -0.950. The first kappa shape index (κ1) is 19.1. The number of carbonyl (C=O) groups is 2. The molecule has 138 valence electrons. The molecule has 0 aromatic carbocycles. The lowest BCUT2D eigenvalue weighted by Gasteiger charge is -2.38. The number of amides is 1. The molecule has 1 atom stereocenters. The van der Waals surface area contributed by atoms with Gasteiger partial charge in [0.15, 0.2) is 0 Å². The molecule has 1 unspecified atom stereocenters. The summed E-state index contributed by atoms with van der Waals surface area (Å²) in [5.74, 6) is -0.487. The van der Waals surface area contributed by atoms with Gasteiger partial charge < -0.3 is 25.7 Å². The Bertz CT molecular complexity index is 415. The molecule has 2 fully saturated rings. The zero-order chi connectivity index (χ0) is 17.4. The molecule has 8 nitrogen and oxygen atoms in total. The van der Waals surface area contributed by atoms with Gasteiger partial charge in [0.25, 0.3) is 0 Å². The maximum atomic E-state index is 12.5. The molecule has 0 aromatic rings. The summed E-state index contributed by atoms with van der Waals surface area (Å²) in [6.07, 6.45) is 4.92. The van der Waals surface area contributed by atoms with Crippen LogP contribution in [-0.2, 0) is 9.59 Å². The SMILES string of the molecule is O=C(O)CCNN([O-])CC1CCCN(CCC2CCNCC2)C1=O. The third-order valence-corrected chi connectivity index (χ3v) is 4.92. The summed E-state index contributed by atoms with van der Waals surface area (Å²) in [6, 6.07) is 0. The van der Waals surface area contributed by atoms with Crippen LogP contribution in [-0.4, -0.2) is 66.3 Å². The summed E-state index contributed by atoms with van der Waals surface area (Å²) in [7, 11) is 0. The van der Waals surface area contributed by atoms with Crippen molar-refractivity contribution in [1.82, 2.24) is 20.8 Å². The Balaban J connectivity index is 1.71.